The molecule has 1 aromatic heterocycles. The molecule has 3 aromatic rings. The Bertz CT molecular complexity index is 869. The molecule has 0 aliphatic rings. The smallest absolute Gasteiger partial charge is 0.264 e. The Morgan fingerprint density at radius 3 is 2.88 bits per heavy atom. The van der Waals surface area contributed by atoms with Crippen molar-refractivity contribution in [1.82, 2.24) is 9.97 Å². The molecule has 128 valence electrons. The summed E-state index contributed by atoms with van der Waals surface area (Å²) in [7, 11) is 1.56. The van der Waals surface area contributed by atoms with E-state index in [4.69, 9.17) is 9.47 Å². The van der Waals surface area contributed by atoms with Crippen LogP contribution in [0.25, 0.3) is 11.0 Å². The van der Waals surface area contributed by atoms with Crippen LogP contribution in [0, 0.1) is 0 Å². The minimum Gasteiger partial charge on any atom is -0.493 e. The minimum absolute atomic E-state index is 0.145. The highest BCUT2D eigenvalue weighted by molar-refractivity contribution is 5.92. The Kier molecular flexibility index (Phi) is 4.99. The highest BCUT2D eigenvalue weighted by atomic mass is 16.5. The highest BCUT2D eigenvalue weighted by Crippen LogP contribution is 2.28. The van der Waals surface area contributed by atoms with E-state index in [9.17, 15) is 4.79 Å². The summed E-state index contributed by atoms with van der Waals surface area (Å²) < 4.78 is 10.9. The Morgan fingerprint density at radius 2 is 2.12 bits per heavy atom. The number of H-pyrrole nitrogens is 1. The van der Waals surface area contributed by atoms with E-state index in [0.717, 1.165) is 23.0 Å². The first-order valence-electron chi connectivity index (χ1n) is 7.85. The molecule has 0 saturated heterocycles. The fraction of sp³-hybridized carbons (Fsp3) is 0.158. The minimum atomic E-state index is -0.309. The molecule has 6 nitrogen and oxygen atoms in total. The summed E-state index contributed by atoms with van der Waals surface area (Å²) in [4.78, 5) is 19.4. The number of aromatic nitrogens is 2. The van der Waals surface area contributed by atoms with E-state index in [1.165, 1.54) is 0 Å². The number of nitrogens with one attached hydrogen (secondary N) is 2. The van der Waals surface area contributed by atoms with Gasteiger partial charge in [-0.3, -0.25) is 10.1 Å². The molecule has 0 bridgehead atoms. The van der Waals surface area contributed by atoms with Crippen LogP contribution in [-0.2, 0) is 11.2 Å². The van der Waals surface area contributed by atoms with Crippen molar-refractivity contribution in [3.8, 4) is 11.5 Å². The van der Waals surface area contributed by atoms with Crippen molar-refractivity contribution in [3.05, 3.63) is 60.7 Å². The van der Waals surface area contributed by atoms with E-state index in [2.05, 4.69) is 21.9 Å². The average Bonchev–Trinajstić information content (AvgIpc) is 3.02. The molecule has 3 rings (SSSR count). The molecular formula is C19H19N3O3. The van der Waals surface area contributed by atoms with Gasteiger partial charge in [-0.15, -0.1) is 6.58 Å². The van der Waals surface area contributed by atoms with Gasteiger partial charge in [0.2, 0.25) is 5.95 Å². The lowest BCUT2D eigenvalue weighted by Gasteiger charge is -2.11. The van der Waals surface area contributed by atoms with Crippen LogP contribution in [0.1, 0.15) is 5.56 Å². The molecule has 2 N–H and O–H groups in total. The van der Waals surface area contributed by atoms with Gasteiger partial charge < -0.3 is 14.5 Å². The molecule has 1 heterocycles. The van der Waals surface area contributed by atoms with Crippen molar-refractivity contribution < 1.29 is 14.3 Å². The fourth-order valence-electron chi connectivity index (χ4n) is 2.45. The first-order chi connectivity index (χ1) is 12.2. The SMILES string of the molecule is C=CCc1ccc(OCC(=O)Nc2nc3ccccc3[nH]2)c(OC)c1. The van der Waals surface area contributed by atoms with Gasteiger partial charge in [0, 0.05) is 0 Å². The van der Waals surface area contributed by atoms with Gasteiger partial charge in [-0.05, 0) is 36.2 Å². The number of amides is 1. The van der Waals surface area contributed by atoms with Crippen LogP contribution >= 0.6 is 0 Å². The van der Waals surface area contributed by atoms with Gasteiger partial charge >= 0.3 is 0 Å². The van der Waals surface area contributed by atoms with Gasteiger partial charge in [0.05, 0.1) is 18.1 Å². The molecule has 0 fully saturated rings. The molecule has 1 amide bonds. The zero-order chi connectivity index (χ0) is 17.6. The van der Waals surface area contributed by atoms with E-state index >= 15 is 0 Å². The number of allylic oxidation sites excluding steroid dienone is 1. The lowest BCUT2D eigenvalue weighted by atomic mass is 10.1. The predicted molar refractivity (Wildman–Crippen MR) is 97.1 cm³/mol. The summed E-state index contributed by atoms with van der Waals surface area (Å²) >= 11 is 0. The molecule has 0 spiro atoms. The van der Waals surface area contributed by atoms with Crippen molar-refractivity contribution in [2.24, 2.45) is 0 Å². The van der Waals surface area contributed by atoms with Gasteiger partial charge in [-0.2, -0.15) is 0 Å². The van der Waals surface area contributed by atoms with Crippen molar-refractivity contribution in [2.45, 2.75) is 6.42 Å². The summed E-state index contributed by atoms with van der Waals surface area (Å²) in [5.41, 5.74) is 2.71. The quantitative estimate of drug-likeness (QED) is 0.649. The van der Waals surface area contributed by atoms with Crippen LogP contribution in [0.2, 0.25) is 0 Å². The number of aromatic amines is 1. The Morgan fingerprint density at radius 1 is 1.28 bits per heavy atom. The standard InChI is InChI=1S/C19H19N3O3/c1-3-6-13-9-10-16(17(11-13)24-2)25-12-18(23)22-19-20-14-7-4-5-8-15(14)21-19/h3-5,7-11H,1,6,12H2,2H3,(H2,20,21,22,23). The molecule has 0 unspecified atom stereocenters. The van der Waals surface area contributed by atoms with Crippen LogP contribution in [0.4, 0.5) is 5.95 Å². The van der Waals surface area contributed by atoms with Crippen LogP contribution < -0.4 is 14.8 Å². The number of hydrogen-bond donors (Lipinski definition) is 2. The number of ether oxygens (including phenoxy) is 2. The first kappa shape index (κ1) is 16.6. The van der Waals surface area contributed by atoms with Gasteiger partial charge in [0.15, 0.2) is 18.1 Å². The number of hydrogen-bond acceptors (Lipinski definition) is 4. The van der Waals surface area contributed by atoms with E-state index in [0.29, 0.717) is 17.4 Å². The van der Waals surface area contributed by atoms with Crippen molar-refractivity contribution >= 4 is 22.9 Å². The lowest BCUT2D eigenvalue weighted by molar-refractivity contribution is -0.118. The van der Waals surface area contributed by atoms with E-state index in [1.807, 2.05) is 42.5 Å². The molecule has 0 aliphatic heterocycles. The highest BCUT2D eigenvalue weighted by Gasteiger charge is 2.10. The maximum Gasteiger partial charge on any atom is 0.264 e. The molecule has 0 aliphatic carbocycles. The Hall–Kier alpha value is -3.28. The van der Waals surface area contributed by atoms with Gasteiger partial charge in [0.25, 0.3) is 5.91 Å². The van der Waals surface area contributed by atoms with Crippen LogP contribution in [0.5, 0.6) is 11.5 Å². The zero-order valence-corrected chi connectivity index (χ0v) is 13.9. The summed E-state index contributed by atoms with van der Waals surface area (Å²) in [6.07, 6.45) is 2.55. The van der Waals surface area contributed by atoms with E-state index < -0.39 is 0 Å². The van der Waals surface area contributed by atoms with Gasteiger partial charge in [-0.25, -0.2) is 4.98 Å². The average molecular weight is 337 g/mol. The molecule has 6 heteroatoms. The van der Waals surface area contributed by atoms with Crippen LogP contribution in [0.3, 0.4) is 0 Å². The monoisotopic (exact) mass is 337 g/mol. The van der Waals surface area contributed by atoms with Gasteiger partial charge in [-0.1, -0.05) is 24.3 Å². The normalized spacial score (nSPS) is 10.4. The molecule has 0 radical (unpaired) electrons. The Balaban J connectivity index is 1.62. The maximum absolute atomic E-state index is 12.1. The number of benzene rings is 2. The maximum atomic E-state index is 12.1. The number of carbonyl (C=O) groups is 1. The molecule has 25 heavy (non-hydrogen) atoms. The number of nitrogens with zero attached hydrogens (tertiary/aromatic N) is 1. The molecule has 0 atom stereocenters. The predicted octanol–water partition coefficient (Wildman–Crippen LogP) is 3.32. The Labute approximate surface area is 145 Å². The fourth-order valence-corrected chi connectivity index (χ4v) is 2.45. The third kappa shape index (κ3) is 3.98. The summed E-state index contributed by atoms with van der Waals surface area (Å²) in [6, 6.07) is 13.1. The zero-order valence-electron chi connectivity index (χ0n) is 13.9. The number of imidazole rings is 1. The van der Waals surface area contributed by atoms with Crippen molar-refractivity contribution in [1.29, 1.82) is 0 Å². The van der Waals surface area contributed by atoms with Crippen molar-refractivity contribution in [3.63, 3.8) is 0 Å². The van der Waals surface area contributed by atoms with E-state index in [1.54, 1.807) is 13.2 Å². The second-order valence-electron chi connectivity index (χ2n) is 5.42. The van der Waals surface area contributed by atoms with Crippen LogP contribution in [-0.4, -0.2) is 29.6 Å². The summed E-state index contributed by atoms with van der Waals surface area (Å²) in [5, 5.41) is 2.69. The summed E-state index contributed by atoms with van der Waals surface area (Å²) in [5.74, 6) is 1.17. The third-order valence-corrected chi connectivity index (χ3v) is 3.61. The molecular weight excluding hydrogens is 318 g/mol. The molecule has 0 saturated carbocycles. The second kappa shape index (κ2) is 7.53. The number of fused-ring (bicyclic) bond motifs is 1. The number of carbonyl (C=O) groups excluding carboxylic acids is 1. The van der Waals surface area contributed by atoms with Gasteiger partial charge in [0.1, 0.15) is 0 Å². The first-order valence-corrected chi connectivity index (χ1v) is 7.85. The third-order valence-electron chi connectivity index (χ3n) is 3.61. The second-order valence-corrected chi connectivity index (χ2v) is 5.42. The number of rotatable bonds is 7. The number of para-hydroxylation sites is 2. The number of anilines is 1. The number of methoxy groups -OCH3 is 1. The van der Waals surface area contributed by atoms with E-state index in [-0.39, 0.29) is 12.5 Å². The molecule has 2 aromatic carbocycles. The largest absolute Gasteiger partial charge is 0.493 e. The lowest BCUT2D eigenvalue weighted by Crippen LogP contribution is -2.21. The topological polar surface area (TPSA) is 76.2 Å². The van der Waals surface area contributed by atoms with Crippen molar-refractivity contribution in [2.75, 3.05) is 19.0 Å². The summed E-state index contributed by atoms with van der Waals surface area (Å²) in [6.45, 7) is 3.57. The van der Waals surface area contributed by atoms with Crippen LogP contribution in [0.15, 0.2) is 55.1 Å².